The van der Waals surface area contributed by atoms with Gasteiger partial charge in [-0.1, -0.05) is 6.92 Å². The van der Waals surface area contributed by atoms with E-state index >= 15 is 0 Å². The molecule has 4 nitrogen and oxygen atoms in total. The molecule has 1 aromatic rings. The van der Waals surface area contributed by atoms with Crippen molar-refractivity contribution < 1.29 is 13.9 Å². The zero-order chi connectivity index (χ0) is 10.4. The topological polar surface area (TPSA) is 51.5 Å². The minimum atomic E-state index is -0.190. The molecule has 0 saturated heterocycles. The molecule has 1 rings (SSSR count). The second-order valence-corrected chi connectivity index (χ2v) is 3.19. The van der Waals surface area contributed by atoms with Crippen LogP contribution in [0.1, 0.15) is 12.5 Å². The summed E-state index contributed by atoms with van der Waals surface area (Å²) in [6, 6.07) is 1.88. The van der Waals surface area contributed by atoms with E-state index in [0.717, 1.165) is 5.56 Å². The van der Waals surface area contributed by atoms with Crippen molar-refractivity contribution in [2.45, 2.75) is 13.5 Å². The molecule has 1 unspecified atom stereocenters. The number of ether oxygens (including phenoxy) is 1. The maximum Gasteiger partial charge on any atom is 0.309 e. The summed E-state index contributed by atoms with van der Waals surface area (Å²) >= 11 is 0. The van der Waals surface area contributed by atoms with Crippen LogP contribution in [-0.4, -0.2) is 19.6 Å². The van der Waals surface area contributed by atoms with Gasteiger partial charge < -0.3 is 14.5 Å². The Hall–Kier alpha value is -1.29. The maximum atomic E-state index is 11.0. The Morgan fingerprint density at radius 1 is 1.71 bits per heavy atom. The van der Waals surface area contributed by atoms with E-state index in [1.54, 1.807) is 12.5 Å². The van der Waals surface area contributed by atoms with Gasteiger partial charge in [-0.15, -0.1) is 0 Å². The molecule has 0 amide bonds. The van der Waals surface area contributed by atoms with Crippen LogP contribution in [0.2, 0.25) is 0 Å². The lowest BCUT2D eigenvalue weighted by molar-refractivity contribution is -0.144. The molecule has 0 radical (unpaired) electrons. The van der Waals surface area contributed by atoms with Crippen molar-refractivity contribution in [3.63, 3.8) is 0 Å². The summed E-state index contributed by atoms with van der Waals surface area (Å²) in [5.41, 5.74) is 1.07. The molecule has 0 spiro atoms. The first-order chi connectivity index (χ1) is 6.74. The summed E-state index contributed by atoms with van der Waals surface area (Å²) in [6.45, 7) is 3.14. The van der Waals surface area contributed by atoms with E-state index in [1.165, 1.54) is 7.11 Å². The molecule has 0 bridgehead atoms. The van der Waals surface area contributed by atoms with Gasteiger partial charge in [0.1, 0.15) is 0 Å². The molecular weight excluding hydrogens is 182 g/mol. The predicted octanol–water partition coefficient (Wildman–Crippen LogP) is 1.18. The summed E-state index contributed by atoms with van der Waals surface area (Å²) in [7, 11) is 1.40. The first kappa shape index (κ1) is 10.8. The van der Waals surface area contributed by atoms with Crippen LogP contribution in [0.25, 0.3) is 0 Å². The molecule has 0 aliphatic heterocycles. The van der Waals surface area contributed by atoms with Crippen molar-refractivity contribution in [3.05, 3.63) is 24.2 Å². The highest BCUT2D eigenvalue weighted by molar-refractivity contribution is 5.71. The van der Waals surface area contributed by atoms with Crippen molar-refractivity contribution in [3.8, 4) is 0 Å². The Morgan fingerprint density at radius 3 is 3.07 bits per heavy atom. The first-order valence-electron chi connectivity index (χ1n) is 4.53. The number of carbonyl (C=O) groups is 1. The third-order valence-electron chi connectivity index (χ3n) is 1.96. The molecule has 1 atom stereocenters. The predicted molar refractivity (Wildman–Crippen MR) is 51.6 cm³/mol. The number of esters is 1. The molecule has 0 saturated carbocycles. The standard InChI is InChI=1S/C10H15NO3/c1-8(10(12)13-2)5-11-6-9-3-4-14-7-9/h3-4,7-8,11H,5-6H2,1-2H3. The van der Waals surface area contributed by atoms with Gasteiger partial charge in [-0.25, -0.2) is 0 Å². The lowest BCUT2D eigenvalue weighted by atomic mass is 10.2. The molecule has 1 N–H and O–H groups in total. The van der Waals surface area contributed by atoms with Gasteiger partial charge in [0.05, 0.1) is 25.6 Å². The smallest absolute Gasteiger partial charge is 0.309 e. The van der Waals surface area contributed by atoms with Gasteiger partial charge in [0.15, 0.2) is 0 Å². The van der Waals surface area contributed by atoms with Crippen LogP contribution in [0.5, 0.6) is 0 Å². The van der Waals surface area contributed by atoms with E-state index in [2.05, 4.69) is 10.1 Å². The zero-order valence-corrected chi connectivity index (χ0v) is 8.45. The maximum absolute atomic E-state index is 11.0. The van der Waals surface area contributed by atoms with Crippen LogP contribution >= 0.6 is 0 Å². The number of methoxy groups -OCH3 is 1. The molecule has 1 heterocycles. The molecule has 0 fully saturated rings. The first-order valence-corrected chi connectivity index (χ1v) is 4.53. The lowest BCUT2D eigenvalue weighted by Crippen LogP contribution is -2.26. The van der Waals surface area contributed by atoms with Gasteiger partial charge in [0.2, 0.25) is 0 Å². The number of hydrogen-bond acceptors (Lipinski definition) is 4. The largest absolute Gasteiger partial charge is 0.472 e. The van der Waals surface area contributed by atoms with Crippen LogP contribution in [-0.2, 0) is 16.1 Å². The molecule has 1 aromatic heterocycles. The number of hydrogen-bond donors (Lipinski definition) is 1. The van der Waals surface area contributed by atoms with E-state index in [9.17, 15) is 4.79 Å². The van der Waals surface area contributed by atoms with Crippen molar-refractivity contribution in [1.29, 1.82) is 0 Å². The Bertz CT molecular complexity index is 269. The third kappa shape index (κ3) is 3.22. The minimum absolute atomic E-state index is 0.119. The average Bonchev–Trinajstić information content (AvgIpc) is 2.69. The summed E-state index contributed by atoms with van der Waals surface area (Å²) in [4.78, 5) is 11.0. The Balaban J connectivity index is 2.18. The molecule has 78 valence electrons. The number of furan rings is 1. The summed E-state index contributed by atoms with van der Waals surface area (Å²) in [5, 5.41) is 3.14. The minimum Gasteiger partial charge on any atom is -0.472 e. The van der Waals surface area contributed by atoms with Crippen molar-refractivity contribution in [1.82, 2.24) is 5.32 Å². The number of nitrogens with one attached hydrogen (secondary N) is 1. The van der Waals surface area contributed by atoms with Gasteiger partial charge in [0, 0.05) is 18.7 Å². The second kappa shape index (κ2) is 5.44. The zero-order valence-electron chi connectivity index (χ0n) is 8.45. The van der Waals surface area contributed by atoms with Gasteiger partial charge in [-0.2, -0.15) is 0 Å². The third-order valence-corrected chi connectivity index (χ3v) is 1.96. The monoisotopic (exact) mass is 197 g/mol. The highest BCUT2D eigenvalue weighted by atomic mass is 16.5. The fourth-order valence-corrected chi connectivity index (χ4v) is 1.11. The number of rotatable bonds is 5. The molecule has 0 aliphatic carbocycles. The Kier molecular flexibility index (Phi) is 4.19. The van der Waals surface area contributed by atoms with Crippen molar-refractivity contribution in [2.24, 2.45) is 5.92 Å². The van der Waals surface area contributed by atoms with Crippen LogP contribution in [0.4, 0.5) is 0 Å². The van der Waals surface area contributed by atoms with Crippen LogP contribution < -0.4 is 5.32 Å². The molecule has 0 aliphatic rings. The average molecular weight is 197 g/mol. The Labute approximate surface area is 83.2 Å². The van der Waals surface area contributed by atoms with E-state index in [0.29, 0.717) is 13.1 Å². The second-order valence-electron chi connectivity index (χ2n) is 3.19. The Morgan fingerprint density at radius 2 is 2.50 bits per heavy atom. The molecular formula is C10H15NO3. The van der Waals surface area contributed by atoms with Crippen molar-refractivity contribution in [2.75, 3.05) is 13.7 Å². The van der Waals surface area contributed by atoms with Gasteiger partial charge in [-0.3, -0.25) is 4.79 Å². The fraction of sp³-hybridized carbons (Fsp3) is 0.500. The quantitative estimate of drug-likeness (QED) is 0.720. The fourth-order valence-electron chi connectivity index (χ4n) is 1.11. The lowest BCUT2D eigenvalue weighted by Gasteiger charge is -2.09. The molecule has 14 heavy (non-hydrogen) atoms. The summed E-state index contributed by atoms with van der Waals surface area (Å²) in [6.07, 6.45) is 3.30. The highest BCUT2D eigenvalue weighted by Crippen LogP contribution is 2.00. The van der Waals surface area contributed by atoms with Gasteiger partial charge >= 0.3 is 5.97 Å². The normalized spacial score (nSPS) is 12.4. The van der Waals surface area contributed by atoms with E-state index in [4.69, 9.17) is 4.42 Å². The van der Waals surface area contributed by atoms with Crippen LogP contribution in [0.3, 0.4) is 0 Å². The summed E-state index contributed by atoms with van der Waals surface area (Å²) < 4.78 is 9.51. The van der Waals surface area contributed by atoms with Crippen molar-refractivity contribution >= 4 is 5.97 Å². The van der Waals surface area contributed by atoms with Gasteiger partial charge in [-0.05, 0) is 6.07 Å². The highest BCUT2D eigenvalue weighted by Gasteiger charge is 2.11. The van der Waals surface area contributed by atoms with E-state index in [-0.39, 0.29) is 11.9 Å². The van der Waals surface area contributed by atoms with Crippen LogP contribution in [0, 0.1) is 5.92 Å². The van der Waals surface area contributed by atoms with E-state index in [1.807, 2.05) is 13.0 Å². The number of carbonyl (C=O) groups excluding carboxylic acids is 1. The van der Waals surface area contributed by atoms with Crippen LogP contribution in [0.15, 0.2) is 23.0 Å². The van der Waals surface area contributed by atoms with Gasteiger partial charge in [0.25, 0.3) is 0 Å². The molecule has 4 heteroatoms. The SMILES string of the molecule is COC(=O)C(C)CNCc1ccoc1. The van der Waals surface area contributed by atoms with E-state index < -0.39 is 0 Å². The molecule has 0 aromatic carbocycles. The summed E-state index contributed by atoms with van der Waals surface area (Å²) in [5.74, 6) is -0.309.